The summed E-state index contributed by atoms with van der Waals surface area (Å²) in [5, 5.41) is 0.437. The highest BCUT2D eigenvalue weighted by atomic mass is 79.9. The molecule has 0 radical (unpaired) electrons. The van der Waals surface area contributed by atoms with Crippen LogP contribution in [0.15, 0.2) is 68.4 Å². The summed E-state index contributed by atoms with van der Waals surface area (Å²) in [5.74, 6) is 0.747. The second kappa shape index (κ2) is 8.40. The Labute approximate surface area is 189 Å². The quantitative estimate of drug-likeness (QED) is 0.348. The Morgan fingerprint density at radius 3 is 2.48 bits per heavy atom. The van der Waals surface area contributed by atoms with Crippen LogP contribution in [0.25, 0.3) is 17.4 Å². The van der Waals surface area contributed by atoms with Crippen LogP contribution in [0.2, 0.25) is 10.0 Å². The number of hydrogen-bond acceptors (Lipinski definition) is 4. The first-order valence-electron chi connectivity index (χ1n) is 8.46. The van der Waals surface area contributed by atoms with Crippen molar-refractivity contribution in [1.82, 2.24) is 4.90 Å². The zero-order chi connectivity index (χ0) is 20.5. The van der Waals surface area contributed by atoms with E-state index in [0.717, 1.165) is 26.7 Å². The van der Waals surface area contributed by atoms with Gasteiger partial charge in [-0.2, -0.15) is 0 Å². The predicted octanol–water partition coefficient (Wildman–Crippen LogP) is 7.25. The molecule has 3 aromatic rings. The summed E-state index contributed by atoms with van der Waals surface area (Å²) in [7, 11) is 0. The molecule has 1 saturated heterocycles. The maximum Gasteiger partial charge on any atom is 0.293 e. The van der Waals surface area contributed by atoms with Crippen molar-refractivity contribution in [2.24, 2.45) is 0 Å². The van der Waals surface area contributed by atoms with Crippen molar-refractivity contribution < 1.29 is 14.0 Å². The number of nitrogens with zero attached hydrogens (tertiary/aromatic N) is 1. The van der Waals surface area contributed by atoms with Gasteiger partial charge in [-0.05, 0) is 48.2 Å². The molecule has 0 spiro atoms. The molecule has 0 atom stereocenters. The summed E-state index contributed by atoms with van der Waals surface area (Å²) < 4.78 is 6.76. The fourth-order valence-electron chi connectivity index (χ4n) is 2.83. The van der Waals surface area contributed by atoms with E-state index >= 15 is 0 Å². The number of rotatable bonds is 4. The standard InChI is InChI=1S/C21H12BrCl2NO3S/c22-13-4-1-3-12(9-13)18-8-7-14(28-18)10-19-20(26)25(21(27)29-19)11-15-16(23)5-2-6-17(15)24/h1-10H,11H2/b19-10-. The summed E-state index contributed by atoms with van der Waals surface area (Å²) in [4.78, 5) is 26.5. The van der Waals surface area contributed by atoms with Gasteiger partial charge in [-0.25, -0.2) is 0 Å². The number of imide groups is 1. The van der Waals surface area contributed by atoms with Crippen molar-refractivity contribution in [3.05, 3.63) is 85.3 Å². The summed E-state index contributed by atoms with van der Waals surface area (Å²) in [5.41, 5.74) is 1.44. The number of hydrogen-bond donors (Lipinski definition) is 0. The lowest BCUT2D eigenvalue weighted by atomic mass is 10.2. The molecule has 4 rings (SSSR count). The fraction of sp³-hybridized carbons (Fsp3) is 0.0476. The summed E-state index contributed by atoms with van der Waals surface area (Å²) >= 11 is 16.6. The van der Waals surface area contributed by atoms with Gasteiger partial charge in [0.15, 0.2) is 0 Å². The molecular weight excluding hydrogens is 497 g/mol. The van der Waals surface area contributed by atoms with Gasteiger partial charge in [0.05, 0.1) is 11.4 Å². The Balaban J connectivity index is 1.57. The highest BCUT2D eigenvalue weighted by molar-refractivity contribution is 9.10. The lowest BCUT2D eigenvalue weighted by Crippen LogP contribution is -2.27. The van der Waals surface area contributed by atoms with Crippen LogP contribution in [0.4, 0.5) is 4.79 Å². The van der Waals surface area contributed by atoms with Crippen molar-refractivity contribution in [2.75, 3.05) is 0 Å². The highest BCUT2D eigenvalue weighted by Crippen LogP contribution is 2.36. The minimum absolute atomic E-state index is 0.0158. The average molecular weight is 509 g/mol. The topological polar surface area (TPSA) is 50.5 Å². The molecule has 2 heterocycles. The molecule has 2 aromatic carbocycles. The molecule has 2 amide bonds. The van der Waals surface area contributed by atoms with Crippen LogP contribution >= 0.6 is 50.9 Å². The Hall–Kier alpha value is -1.99. The Morgan fingerprint density at radius 2 is 1.76 bits per heavy atom. The van der Waals surface area contributed by atoms with Gasteiger partial charge in [-0.1, -0.05) is 57.3 Å². The molecule has 0 N–H and O–H groups in total. The third kappa shape index (κ3) is 4.31. The van der Waals surface area contributed by atoms with Gasteiger partial charge < -0.3 is 4.42 Å². The van der Waals surface area contributed by atoms with Crippen LogP contribution in [-0.2, 0) is 11.3 Å². The minimum Gasteiger partial charge on any atom is -0.457 e. The fourth-order valence-corrected chi connectivity index (χ4v) is 4.57. The van der Waals surface area contributed by atoms with Gasteiger partial charge in [0.25, 0.3) is 11.1 Å². The SMILES string of the molecule is O=C1S/C(=C\c2ccc(-c3cccc(Br)c3)o2)C(=O)N1Cc1c(Cl)cccc1Cl. The molecule has 0 aliphatic carbocycles. The Morgan fingerprint density at radius 1 is 1.03 bits per heavy atom. The maximum atomic E-state index is 12.8. The first kappa shape index (κ1) is 20.3. The minimum atomic E-state index is -0.406. The van der Waals surface area contributed by atoms with Gasteiger partial charge in [-0.15, -0.1) is 0 Å². The zero-order valence-electron chi connectivity index (χ0n) is 14.7. The molecule has 29 heavy (non-hydrogen) atoms. The van der Waals surface area contributed by atoms with E-state index in [-0.39, 0.29) is 16.7 Å². The number of benzene rings is 2. The average Bonchev–Trinajstić information content (AvgIpc) is 3.25. The third-order valence-electron chi connectivity index (χ3n) is 4.26. The van der Waals surface area contributed by atoms with Gasteiger partial charge in [0, 0.05) is 31.7 Å². The van der Waals surface area contributed by atoms with Crippen molar-refractivity contribution in [1.29, 1.82) is 0 Å². The van der Waals surface area contributed by atoms with E-state index in [1.54, 1.807) is 30.3 Å². The molecule has 0 unspecified atom stereocenters. The monoisotopic (exact) mass is 507 g/mol. The van der Waals surface area contributed by atoms with Gasteiger partial charge in [0.2, 0.25) is 0 Å². The lowest BCUT2D eigenvalue weighted by molar-refractivity contribution is -0.123. The van der Waals surface area contributed by atoms with Gasteiger partial charge >= 0.3 is 0 Å². The molecular formula is C21H12BrCl2NO3S. The first-order valence-corrected chi connectivity index (χ1v) is 10.8. The maximum absolute atomic E-state index is 12.8. The smallest absolute Gasteiger partial charge is 0.293 e. The normalized spacial score (nSPS) is 15.6. The number of carbonyl (C=O) groups is 2. The van der Waals surface area contributed by atoms with E-state index < -0.39 is 5.91 Å². The molecule has 4 nitrogen and oxygen atoms in total. The van der Waals surface area contributed by atoms with Crippen molar-refractivity contribution in [2.45, 2.75) is 6.54 Å². The van der Waals surface area contributed by atoms with Crippen LogP contribution in [-0.4, -0.2) is 16.0 Å². The molecule has 0 saturated carbocycles. The Bertz CT molecular complexity index is 1140. The van der Waals surface area contributed by atoms with E-state index in [4.69, 9.17) is 27.6 Å². The molecule has 1 aromatic heterocycles. The van der Waals surface area contributed by atoms with E-state index in [2.05, 4.69) is 15.9 Å². The molecule has 1 aliphatic rings. The van der Waals surface area contributed by atoms with Crippen LogP contribution < -0.4 is 0 Å². The predicted molar refractivity (Wildman–Crippen MR) is 120 cm³/mol. The van der Waals surface area contributed by atoms with E-state index in [0.29, 0.717) is 27.1 Å². The lowest BCUT2D eigenvalue weighted by Gasteiger charge is -2.14. The number of thioether (sulfide) groups is 1. The summed E-state index contributed by atoms with van der Waals surface area (Å²) in [6.45, 7) is 0.0158. The first-order chi connectivity index (χ1) is 13.9. The second-order valence-electron chi connectivity index (χ2n) is 6.18. The molecule has 0 bridgehead atoms. The van der Waals surface area contributed by atoms with E-state index in [1.165, 1.54) is 0 Å². The van der Waals surface area contributed by atoms with Crippen LogP contribution in [0, 0.1) is 0 Å². The third-order valence-corrected chi connectivity index (χ3v) is 6.37. The zero-order valence-corrected chi connectivity index (χ0v) is 18.6. The second-order valence-corrected chi connectivity index (χ2v) is 8.90. The van der Waals surface area contributed by atoms with Crippen molar-refractivity contribution in [3.63, 3.8) is 0 Å². The molecule has 146 valence electrons. The highest BCUT2D eigenvalue weighted by Gasteiger charge is 2.36. The summed E-state index contributed by atoms with van der Waals surface area (Å²) in [6.07, 6.45) is 1.57. The summed E-state index contributed by atoms with van der Waals surface area (Å²) in [6, 6.07) is 16.3. The number of furan rings is 1. The van der Waals surface area contributed by atoms with Gasteiger partial charge in [0.1, 0.15) is 11.5 Å². The van der Waals surface area contributed by atoms with Gasteiger partial charge in [-0.3, -0.25) is 14.5 Å². The van der Waals surface area contributed by atoms with E-state index in [9.17, 15) is 9.59 Å². The van der Waals surface area contributed by atoms with Crippen LogP contribution in [0.3, 0.4) is 0 Å². The largest absolute Gasteiger partial charge is 0.457 e. The van der Waals surface area contributed by atoms with E-state index in [1.807, 2.05) is 30.3 Å². The molecule has 8 heteroatoms. The van der Waals surface area contributed by atoms with Crippen molar-refractivity contribution >= 4 is 68.1 Å². The molecule has 1 aliphatic heterocycles. The van der Waals surface area contributed by atoms with Crippen LogP contribution in [0.5, 0.6) is 0 Å². The van der Waals surface area contributed by atoms with Crippen LogP contribution in [0.1, 0.15) is 11.3 Å². The number of amides is 2. The number of carbonyl (C=O) groups excluding carboxylic acids is 2. The molecule has 1 fully saturated rings. The Kier molecular flexibility index (Phi) is 5.88. The number of halogens is 3. The van der Waals surface area contributed by atoms with Crippen molar-refractivity contribution in [3.8, 4) is 11.3 Å².